The van der Waals surface area contributed by atoms with Crippen LogP contribution < -0.4 is 10.5 Å². The highest BCUT2D eigenvalue weighted by Gasteiger charge is 2.07. The van der Waals surface area contributed by atoms with Crippen molar-refractivity contribution >= 4 is 27.7 Å². The molecule has 1 amide bonds. The fraction of sp³-hybridized carbons (Fsp3) is 0.278. The molecule has 7 heteroatoms. The Balaban J connectivity index is 1.75. The summed E-state index contributed by atoms with van der Waals surface area (Å²) in [5.41, 5.74) is 3.39. The SMILES string of the molecule is Cc1ccc(SCC(=O)NCCc2ccc(S(N)(=O)=O)cc2)cc1C. The Bertz CT molecular complexity index is 847. The lowest BCUT2D eigenvalue weighted by atomic mass is 10.1. The summed E-state index contributed by atoms with van der Waals surface area (Å²) in [4.78, 5) is 13.1. The van der Waals surface area contributed by atoms with Crippen molar-refractivity contribution in [2.45, 2.75) is 30.1 Å². The third-order valence-electron chi connectivity index (χ3n) is 3.84. The van der Waals surface area contributed by atoms with E-state index in [1.807, 2.05) is 6.07 Å². The molecule has 2 rings (SSSR count). The van der Waals surface area contributed by atoms with E-state index in [1.165, 1.54) is 35.0 Å². The molecular weight excluding hydrogens is 356 g/mol. The van der Waals surface area contributed by atoms with Gasteiger partial charge in [-0.25, -0.2) is 13.6 Å². The van der Waals surface area contributed by atoms with Crippen LogP contribution in [0.2, 0.25) is 0 Å². The molecule has 0 aliphatic heterocycles. The molecule has 0 aliphatic rings. The molecule has 0 atom stereocenters. The highest BCUT2D eigenvalue weighted by molar-refractivity contribution is 8.00. The summed E-state index contributed by atoms with van der Waals surface area (Å²) in [7, 11) is -3.67. The van der Waals surface area contributed by atoms with Crippen molar-refractivity contribution < 1.29 is 13.2 Å². The highest BCUT2D eigenvalue weighted by atomic mass is 32.2. The van der Waals surface area contributed by atoms with Gasteiger partial charge in [-0.05, 0) is 61.2 Å². The van der Waals surface area contributed by atoms with E-state index >= 15 is 0 Å². The molecule has 0 aromatic heterocycles. The Kier molecular flexibility index (Phi) is 6.64. The predicted molar refractivity (Wildman–Crippen MR) is 101 cm³/mol. The average Bonchev–Trinajstić information content (AvgIpc) is 2.55. The van der Waals surface area contributed by atoms with Gasteiger partial charge >= 0.3 is 0 Å². The molecular formula is C18H22N2O3S2. The van der Waals surface area contributed by atoms with Crippen LogP contribution in [0.4, 0.5) is 0 Å². The Morgan fingerprint density at radius 1 is 1.08 bits per heavy atom. The first-order valence-corrected chi connectivity index (χ1v) is 10.4. The van der Waals surface area contributed by atoms with E-state index in [4.69, 9.17) is 5.14 Å². The minimum Gasteiger partial charge on any atom is -0.355 e. The van der Waals surface area contributed by atoms with E-state index in [0.717, 1.165) is 10.5 Å². The first kappa shape index (κ1) is 19.5. The van der Waals surface area contributed by atoms with E-state index in [0.29, 0.717) is 18.7 Å². The standard InChI is InChI=1S/C18H22N2O3S2/c1-13-3-6-16(11-14(13)2)24-12-18(21)20-10-9-15-4-7-17(8-5-15)25(19,22)23/h3-8,11H,9-10,12H2,1-2H3,(H,20,21)(H2,19,22,23). The van der Waals surface area contributed by atoms with Crippen LogP contribution in [-0.2, 0) is 21.2 Å². The molecule has 2 aromatic carbocycles. The number of carbonyl (C=O) groups excluding carboxylic acids is 1. The van der Waals surface area contributed by atoms with Crippen LogP contribution in [0.15, 0.2) is 52.3 Å². The molecule has 0 saturated heterocycles. The van der Waals surface area contributed by atoms with E-state index in [9.17, 15) is 13.2 Å². The van der Waals surface area contributed by atoms with Crippen molar-refractivity contribution in [3.05, 3.63) is 59.2 Å². The van der Waals surface area contributed by atoms with Gasteiger partial charge in [0.25, 0.3) is 0 Å². The van der Waals surface area contributed by atoms with E-state index in [-0.39, 0.29) is 10.8 Å². The lowest BCUT2D eigenvalue weighted by molar-refractivity contribution is -0.118. The summed E-state index contributed by atoms with van der Waals surface area (Å²) in [6.45, 7) is 4.62. The zero-order chi connectivity index (χ0) is 18.4. The van der Waals surface area contributed by atoms with Crippen LogP contribution in [0.5, 0.6) is 0 Å². The van der Waals surface area contributed by atoms with Crippen molar-refractivity contribution in [1.82, 2.24) is 5.32 Å². The second kappa shape index (κ2) is 8.51. The molecule has 0 saturated carbocycles. The number of amides is 1. The van der Waals surface area contributed by atoms with Gasteiger partial charge in [-0.3, -0.25) is 4.79 Å². The second-order valence-corrected chi connectivity index (χ2v) is 8.43. The summed E-state index contributed by atoms with van der Waals surface area (Å²) >= 11 is 1.51. The number of carbonyl (C=O) groups is 1. The number of sulfonamides is 1. The van der Waals surface area contributed by atoms with Crippen molar-refractivity contribution in [2.24, 2.45) is 5.14 Å². The number of nitrogens with two attached hydrogens (primary N) is 1. The van der Waals surface area contributed by atoms with Crippen molar-refractivity contribution in [3.63, 3.8) is 0 Å². The van der Waals surface area contributed by atoms with Gasteiger partial charge in [0.1, 0.15) is 0 Å². The fourth-order valence-corrected chi connectivity index (χ4v) is 3.54. The first-order chi connectivity index (χ1) is 11.8. The molecule has 0 unspecified atom stereocenters. The van der Waals surface area contributed by atoms with E-state index < -0.39 is 10.0 Å². The molecule has 0 spiro atoms. The van der Waals surface area contributed by atoms with Crippen LogP contribution in [0, 0.1) is 13.8 Å². The molecule has 0 aliphatic carbocycles. The quantitative estimate of drug-likeness (QED) is 0.724. The molecule has 2 aromatic rings. The molecule has 0 fully saturated rings. The van der Waals surface area contributed by atoms with Gasteiger partial charge in [-0.2, -0.15) is 0 Å². The zero-order valence-corrected chi connectivity index (χ0v) is 15.9. The number of hydrogen-bond acceptors (Lipinski definition) is 4. The summed E-state index contributed by atoms with van der Waals surface area (Å²) in [5.74, 6) is 0.344. The van der Waals surface area contributed by atoms with Gasteiger partial charge in [0.15, 0.2) is 0 Å². The minimum absolute atomic E-state index is 0.0237. The van der Waals surface area contributed by atoms with Gasteiger partial charge in [0.2, 0.25) is 15.9 Å². The van der Waals surface area contributed by atoms with Crippen LogP contribution in [0.3, 0.4) is 0 Å². The Hall–Kier alpha value is -1.83. The first-order valence-electron chi connectivity index (χ1n) is 7.84. The maximum absolute atomic E-state index is 11.9. The predicted octanol–water partition coefficient (Wildman–Crippen LogP) is 2.40. The number of aryl methyl sites for hydroxylation is 2. The lowest BCUT2D eigenvalue weighted by Crippen LogP contribution is -2.27. The van der Waals surface area contributed by atoms with Gasteiger partial charge < -0.3 is 5.32 Å². The molecule has 5 nitrogen and oxygen atoms in total. The molecule has 0 radical (unpaired) electrons. The average molecular weight is 379 g/mol. The number of benzene rings is 2. The van der Waals surface area contributed by atoms with Crippen molar-refractivity contribution in [1.29, 1.82) is 0 Å². The van der Waals surface area contributed by atoms with Crippen molar-refractivity contribution in [3.8, 4) is 0 Å². The number of thioether (sulfide) groups is 1. The maximum Gasteiger partial charge on any atom is 0.238 e. The van der Waals surface area contributed by atoms with Gasteiger partial charge in [-0.15, -0.1) is 11.8 Å². The normalized spacial score (nSPS) is 11.3. The Morgan fingerprint density at radius 2 is 1.76 bits per heavy atom. The Morgan fingerprint density at radius 3 is 2.36 bits per heavy atom. The minimum atomic E-state index is -3.67. The van der Waals surface area contributed by atoms with Gasteiger partial charge in [-0.1, -0.05) is 18.2 Å². The zero-order valence-electron chi connectivity index (χ0n) is 14.3. The van der Waals surface area contributed by atoms with Gasteiger partial charge in [0.05, 0.1) is 10.6 Å². The summed E-state index contributed by atoms with van der Waals surface area (Å²) in [6, 6.07) is 12.5. The summed E-state index contributed by atoms with van der Waals surface area (Å²) < 4.78 is 22.4. The smallest absolute Gasteiger partial charge is 0.238 e. The highest BCUT2D eigenvalue weighted by Crippen LogP contribution is 2.20. The largest absolute Gasteiger partial charge is 0.355 e. The van der Waals surface area contributed by atoms with E-state index in [2.05, 4.69) is 31.3 Å². The van der Waals surface area contributed by atoms with Gasteiger partial charge in [0, 0.05) is 11.4 Å². The third kappa shape index (κ3) is 6.19. The molecule has 25 heavy (non-hydrogen) atoms. The lowest BCUT2D eigenvalue weighted by Gasteiger charge is -2.07. The number of rotatable bonds is 7. The third-order valence-corrected chi connectivity index (χ3v) is 5.76. The second-order valence-electron chi connectivity index (χ2n) is 5.82. The summed E-state index contributed by atoms with van der Waals surface area (Å²) in [5, 5.41) is 7.93. The topological polar surface area (TPSA) is 89.3 Å². The number of hydrogen-bond donors (Lipinski definition) is 2. The van der Waals surface area contributed by atoms with Crippen LogP contribution >= 0.6 is 11.8 Å². The maximum atomic E-state index is 11.9. The molecule has 3 N–H and O–H groups in total. The van der Waals surface area contributed by atoms with Crippen LogP contribution in [0.1, 0.15) is 16.7 Å². The van der Waals surface area contributed by atoms with E-state index in [1.54, 1.807) is 12.1 Å². The van der Waals surface area contributed by atoms with Crippen LogP contribution in [0.25, 0.3) is 0 Å². The Labute approximate surface area is 153 Å². The molecule has 134 valence electrons. The summed E-state index contributed by atoms with van der Waals surface area (Å²) in [6.07, 6.45) is 0.630. The number of nitrogens with one attached hydrogen (secondary N) is 1. The molecule has 0 bridgehead atoms. The molecule has 0 heterocycles. The monoisotopic (exact) mass is 378 g/mol. The fourth-order valence-electron chi connectivity index (χ4n) is 2.20. The number of primary sulfonamides is 1. The van der Waals surface area contributed by atoms with Crippen LogP contribution in [-0.4, -0.2) is 26.6 Å². The van der Waals surface area contributed by atoms with Crippen molar-refractivity contribution in [2.75, 3.05) is 12.3 Å².